The molecule has 2 atom stereocenters. The third kappa shape index (κ3) is 1.91. The van der Waals surface area contributed by atoms with E-state index in [1.807, 2.05) is 0 Å². The van der Waals surface area contributed by atoms with E-state index < -0.39 is 0 Å². The molecule has 0 aromatic heterocycles. The van der Waals surface area contributed by atoms with Crippen LogP contribution in [0.25, 0.3) is 0 Å². The van der Waals surface area contributed by atoms with Crippen molar-refractivity contribution >= 4 is 0 Å². The molecule has 3 heteroatoms. The third-order valence-electron chi connectivity index (χ3n) is 4.27. The Balaban J connectivity index is 1.93. The van der Waals surface area contributed by atoms with Crippen molar-refractivity contribution < 1.29 is 9.47 Å². The molecule has 1 unspecified atom stereocenters. The van der Waals surface area contributed by atoms with Crippen molar-refractivity contribution in [2.45, 2.75) is 31.9 Å². The highest BCUT2D eigenvalue weighted by Gasteiger charge is 2.36. The van der Waals surface area contributed by atoms with Gasteiger partial charge >= 0.3 is 0 Å². The van der Waals surface area contributed by atoms with Crippen LogP contribution in [0.2, 0.25) is 0 Å². The van der Waals surface area contributed by atoms with Crippen LogP contribution >= 0.6 is 0 Å². The molecule has 0 radical (unpaired) electrons. The van der Waals surface area contributed by atoms with Crippen molar-refractivity contribution in [3.63, 3.8) is 0 Å². The highest BCUT2D eigenvalue weighted by atomic mass is 16.5. The van der Waals surface area contributed by atoms with Crippen molar-refractivity contribution in [1.82, 2.24) is 4.90 Å². The minimum Gasteiger partial charge on any atom is -0.497 e. The van der Waals surface area contributed by atoms with Crippen molar-refractivity contribution in [3.05, 3.63) is 29.3 Å². The first-order valence-electron chi connectivity index (χ1n) is 6.86. The summed E-state index contributed by atoms with van der Waals surface area (Å²) < 4.78 is 11.3. The summed E-state index contributed by atoms with van der Waals surface area (Å²) in [5.74, 6) is 0.954. The quantitative estimate of drug-likeness (QED) is 0.801. The van der Waals surface area contributed by atoms with Crippen LogP contribution in [0.15, 0.2) is 18.2 Å². The number of hydrogen-bond acceptors (Lipinski definition) is 3. The largest absolute Gasteiger partial charge is 0.497 e. The van der Waals surface area contributed by atoms with Gasteiger partial charge in [-0.1, -0.05) is 13.0 Å². The number of fused-ring (bicyclic) bond motifs is 3. The van der Waals surface area contributed by atoms with Gasteiger partial charge in [-0.25, -0.2) is 0 Å². The number of methoxy groups -OCH3 is 1. The van der Waals surface area contributed by atoms with Crippen LogP contribution < -0.4 is 4.74 Å². The Labute approximate surface area is 109 Å². The minimum absolute atomic E-state index is 0.258. The molecule has 1 aliphatic carbocycles. The molecule has 0 spiro atoms. The van der Waals surface area contributed by atoms with Crippen LogP contribution in [0.4, 0.5) is 0 Å². The van der Waals surface area contributed by atoms with Gasteiger partial charge in [-0.3, -0.25) is 4.90 Å². The lowest BCUT2D eigenvalue weighted by molar-refractivity contribution is -0.0784. The molecule has 2 aliphatic rings. The van der Waals surface area contributed by atoms with Gasteiger partial charge in [0, 0.05) is 12.6 Å². The number of likely N-dealkylation sites (N-methyl/N-ethyl adjacent to an activating group) is 1. The Kier molecular flexibility index (Phi) is 3.27. The van der Waals surface area contributed by atoms with Crippen LogP contribution in [0.3, 0.4) is 0 Å². The van der Waals surface area contributed by atoms with E-state index in [0.29, 0.717) is 6.04 Å². The average Bonchev–Trinajstić information content (AvgIpc) is 2.45. The molecule has 1 heterocycles. The maximum atomic E-state index is 6.03. The van der Waals surface area contributed by atoms with Crippen LogP contribution in [0.1, 0.15) is 30.6 Å². The monoisotopic (exact) mass is 247 g/mol. The molecule has 1 aliphatic heterocycles. The van der Waals surface area contributed by atoms with Gasteiger partial charge < -0.3 is 9.47 Å². The molecule has 1 aromatic rings. The highest BCUT2D eigenvalue weighted by molar-refractivity contribution is 5.39. The van der Waals surface area contributed by atoms with E-state index in [-0.39, 0.29) is 6.10 Å². The van der Waals surface area contributed by atoms with E-state index in [4.69, 9.17) is 9.47 Å². The molecule has 0 bridgehead atoms. The Morgan fingerprint density at radius 3 is 3.11 bits per heavy atom. The number of rotatable bonds is 2. The molecule has 18 heavy (non-hydrogen) atoms. The van der Waals surface area contributed by atoms with Gasteiger partial charge in [-0.05, 0) is 42.6 Å². The number of aryl methyl sites for hydroxylation is 1. The lowest BCUT2D eigenvalue weighted by atomic mass is 9.84. The summed E-state index contributed by atoms with van der Waals surface area (Å²) in [4.78, 5) is 2.56. The minimum atomic E-state index is 0.258. The smallest absolute Gasteiger partial charge is 0.119 e. The van der Waals surface area contributed by atoms with E-state index in [2.05, 4.69) is 30.0 Å². The molecule has 3 rings (SSSR count). The molecule has 0 saturated carbocycles. The van der Waals surface area contributed by atoms with E-state index in [9.17, 15) is 0 Å². The zero-order chi connectivity index (χ0) is 12.5. The Morgan fingerprint density at radius 2 is 2.33 bits per heavy atom. The van der Waals surface area contributed by atoms with Crippen molar-refractivity contribution in [2.24, 2.45) is 0 Å². The SMILES string of the molecule is CCN1CCOC2c3ccc(OC)cc3CC[C@H]21. The number of morpholine rings is 1. The second-order valence-corrected chi connectivity index (χ2v) is 5.09. The van der Waals surface area contributed by atoms with Crippen molar-refractivity contribution in [3.8, 4) is 5.75 Å². The number of hydrogen-bond donors (Lipinski definition) is 0. The molecule has 98 valence electrons. The van der Waals surface area contributed by atoms with Crippen LogP contribution in [-0.4, -0.2) is 37.7 Å². The zero-order valence-corrected chi connectivity index (χ0v) is 11.2. The van der Waals surface area contributed by atoms with Gasteiger partial charge in [-0.15, -0.1) is 0 Å². The van der Waals surface area contributed by atoms with Crippen LogP contribution in [0, 0.1) is 0 Å². The predicted octanol–water partition coefficient (Wildman–Crippen LogP) is 2.40. The Bertz CT molecular complexity index is 433. The third-order valence-corrected chi connectivity index (χ3v) is 4.27. The van der Waals surface area contributed by atoms with E-state index in [1.54, 1.807) is 7.11 Å². The Morgan fingerprint density at radius 1 is 1.44 bits per heavy atom. The van der Waals surface area contributed by atoms with Gasteiger partial charge in [0.05, 0.1) is 19.8 Å². The van der Waals surface area contributed by atoms with Gasteiger partial charge in [0.1, 0.15) is 5.75 Å². The van der Waals surface area contributed by atoms with Gasteiger partial charge in [0.25, 0.3) is 0 Å². The summed E-state index contributed by atoms with van der Waals surface area (Å²) in [6, 6.07) is 6.96. The number of benzene rings is 1. The first-order valence-corrected chi connectivity index (χ1v) is 6.86. The summed E-state index contributed by atoms with van der Waals surface area (Å²) in [6.45, 7) is 5.28. The fourth-order valence-electron chi connectivity index (χ4n) is 3.30. The van der Waals surface area contributed by atoms with Crippen LogP contribution in [0.5, 0.6) is 5.75 Å². The lowest BCUT2D eigenvalue weighted by Gasteiger charge is -2.44. The second kappa shape index (κ2) is 4.90. The summed E-state index contributed by atoms with van der Waals surface area (Å²) in [6.07, 6.45) is 2.58. The van der Waals surface area contributed by atoms with E-state index in [1.165, 1.54) is 17.5 Å². The fraction of sp³-hybridized carbons (Fsp3) is 0.600. The maximum absolute atomic E-state index is 6.03. The Hall–Kier alpha value is -1.06. The first kappa shape index (κ1) is 12.0. The molecule has 1 fully saturated rings. The van der Waals surface area contributed by atoms with Crippen LogP contribution in [-0.2, 0) is 11.2 Å². The van der Waals surface area contributed by atoms with E-state index >= 15 is 0 Å². The summed E-state index contributed by atoms with van der Waals surface area (Å²) >= 11 is 0. The molecule has 1 saturated heterocycles. The van der Waals surface area contributed by atoms with Gasteiger partial charge in [-0.2, -0.15) is 0 Å². The predicted molar refractivity (Wildman–Crippen MR) is 71.0 cm³/mol. The standard InChI is InChI=1S/C15H21NO2/c1-3-16-8-9-18-15-13-6-5-12(17-2)10-11(13)4-7-14(15)16/h5-6,10,14-15H,3-4,7-9H2,1-2H3/t14-,15?/m1/s1. The number of ether oxygens (including phenoxy) is 2. The summed E-state index contributed by atoms with van der Waals surface area (Å²) in [5, 5.41) is 0. The highest BCUT2D eigenvalue weighted by Crippen LogP contribution is 2.38. The second-order valence-electron chi connectivity index (χ2n) is 5.09. The fourth-order valence-corrected chi connectivity index (χ4v) is 3.30. The summed E-state index contributed by atoms with van der Waals surface area (Å²) in [5.41, 5.74) is 2.76. The van der Waals surface area contributed by atoms with Crippen molar-refractivity contribution in [1.29, 1.82) is 0 Å². The summed E-state index contributed by atoms with van der Waals surface area (Å²) in [7, 11) is 1.73. The van der Waals surface area contributed by atoms with Crippen molar-refractivity contribution in [2.75, 3.05) is 26.8 Å². The zero-order valence-electron chi connectivity index (χ0n) is 11.2. The molecule has 1 aromatic carbocycles. The van der Waals surface area contributed by atoms with E-state index in [0.717, 1.165) is 31.9 Å². The lowest BCUT2D eigenvalue weighted by Crippen LogP contribution is -2.48. The first-order chi connectivity index (χ1) is 8.83. The van der Waals surface area contributed by atoms with Gasteiger partial charge in [0.15, 0.2) is 0 Å². The molecular formula is C15H21NO2. The molecule has 3 nitrogen and oxygen atoms in total. The maximum Gasteiger partial charge on any atom is 0.119 e. The van der Waals surface area contributed by atoms with Gasteiger partial charge in [0.2, 0.25) is 0 Å². The topological polar surface area (TPSA) is 21.7 Å². The molecular weight excluding hydrogens is 226 g/mol. The number of nitrogens with zero attached hydrogens (tertiary/aromatic N) is 1. The normalized spacial score (nSPS) is 27.4. The average molecular weight is 247 g/mol. The molecule has 0 amide bonds. The molecule has 0 N–H and O–H groups in total.